The highest BCUT2D eigenvalue weighted by Gasteiger charge is 2.29. The number of rotatable bonds is 8. The van der Waals surface area contributed by atoms with Crippen LogP contribution in [0, 0.1) is 11.7 Å². The highest BCUT2D eigenvalue weighted by molar-refractivity contribution is 7.89. The van der Waals surface area contributed by atoms with Crippen LogP contribution in [0.5, 0.6) is 0 Å². The molecule has 2 aromatic rings. The molecule has 0 aliphatic carbocycles. The summed E-state index contributed by atoms with van der Waals surface area (Å²) in [5, 5.41) is 3.03. The van der Waals surface area contributed by atoms with Crippen molar-refractivity contribution < 1.29 is 17.6 Å². The Morgan fingerprint density at radius 3 is 2.12 bits per heavy atom. The Morgan fingerprint density at radius 1 is 0.969 bits per heavy atom. The predicted octanol–water partition coefficient (Wildman–Crippen LogP) is 3.21. The van der Waals surface area contributed by atoms with Crippen molar-refractivity contribution in [2.75, 3.05) is 32.7 Å². The van der Waals surface area contributed by atoms with Gasteiger partial charge in [0.05, 0.1) is 17.5 Å². The van der Waals surface area contributed by atoms with Crippen LogP contribution in [0.2, 0.25) is 0 Å². The molecule has 1 amide bonds. The second-order valence-electron chi connectivity index (χ2n) is 8.76. The van der Waals surface area contributed by atoms with E-state index in [1.54, 1.807) is 0 Å². The summed E-state index contributed by atoms with van der Waals surface area (Å²) in [5.74, 6) is 0.0447. The molecule has 1 aliphatic heterocycles. The van der Waals surface area contributed by atoms with E-state index in [9.17, 15) is 17.6 Å². The molecule has 0 saturated carbocycles. The quantitative estimate of drug-likeness (QED) is 0.656. The van der Waals surface area contributed by atoms with Crippen LogP contribution in [-0.4, -0.2) is 56.3 Å². The number of piperazine rings is 1. The predicted molar refractivity (Wildman–Crippen MR) is 123 cm³/mol. The van der Waals surface area contributed by atoms with Crippen LogP contribution in [0.25, 0.3) is 0 Å². The number of amides is 1. The van der Waals surface area contributed by atoms with E-state index < -0.39 is 15.8 Å². The fourth-order valence-corrected chi connectivity index (χ4v) is 5.29. The van der Waals surface area contributed by atoms with Crippen molar-refractivity contribution in [3.63, 3.8) is 0 Å². The van der Waals surface area contributed by atoms with Gasteiger partial charge in [-0.3, -0.25) is 9.69 Å². The van der Waals surface area contributed by atoms with Crippen LogP contribution >= 0.6 is 0 Å². The van der Waals surface area contributed by atoms with Gasteiger partial charge < -0.3 is 5.32 Å². The smallest absolute Gasteiger partial charge is 0.243 e. The van der Waals surface area contributed by atoms with Crippen LogP contribution in [0.1, 0.15) is 37.9 Å². The van der Waals surface area contributed by atoms with Gasteiger partial charge in [-0.05, 0) is 54.7 Å². The summed E-state index contributed by atoms with van der Waals surface area (Å²) in [6, 6.07) is 13.1. The van der Waals surface area contributed by atoms with Crippen LogP contribution < -0.4 is 5.32 Å². The zero-order valence-electron chi connectivity index (χ0n) is 18.9. The minimum atomic E-state index is -3.66. The van der Waals surface area contributed by atoms with Crippen molar-refractivity contribution in [2.45, 2.75) is 38.1 Å². The second kappa shape index (κ2) is 10.6. The molecule has 1 N–H and O–H groups in total. The van der Waals surface area contributed by atoms with Gasteiger partial charge in [-0.2, -0.15) is 4.31 Å². The van der Waals surface area contributed by atoms with E-state index in [0.717, 1.165) is 24.1 Å². The van der Waals surface area contributed by atoms with Crippen molar-refractivity contribution in [3.8, 4) is 0 Å². The van der Waals surface area contributed by atoms with Crippen LogP contribution in [-0.2, 0) is 21.2 Å². The molecule has 0 radical (unpaired) electrons. The molecule has 32 heavy (non-hydrogen) atoms. The van der Waals surface area contributed by atoms with Crippen molar-refractivity contribution in [3.05, 3.63) is 65.5 Å². The van der Waals surface area contributed by atoms with Gasteiger partial charge >= 0.3 is 0 Å². The normalized spacial score (nSPS) is 16.8. The lowest BCUT2D eigenvalue weighted by molar-refractivity contribution is -0.123. The molecule has 0 bridgehead atoms. The first-order chi connectivity index (χ1) is 15.1. The monoisotopic (exact) mass is 461 g/mol. The Morgan fingerprint density at radius 2 is 1.56 bits per heavy atom. The van der Waals surface area contributed by atoms with Crippen LogP contribution in [0.4, 0.5) is 4.39 Å². The van der Waals surface area contributed by atoms with Gasteiger partial charge in [-0.1, -0.05) is 38.1 Å². The molecule has 6 nitrogen and oxygen atoms in total. The van der Waals surface area contributed by atoms with E-state index in [0.29, 0.717) is 32.1 Å². The third kappa shape index (κ3) is 6.37. The fraction of sp³-hybridized carbons (Fsp3) is 0.458. The maximum absolute atomic E-state index is 13.1. The molecule has 0 aromatic heterocycles. The largest absolute Gasteiger partial charge is 0.348 e. The summed E-state index contributed by atoms with van der Waals surface area (Å²) in [6.07, 6.45) is 1.03. The number of nitrogens with one attached hydrogen (secondary N) is 1. The first-order valence-electron chi connectivity index (χ1n) is 11.0. The van der Waals surface area contributed by atoms with Crippen molar-refractivity contribution >= 4 is 15.9 Å². The molecule has 8 heteroatoms. The number of nitrogens with zero attached hydrogens (tertiary/aromatic N) is 2. The molecule has 0 unspecified atom stereocenters. The molecule has 2 aromatic carbocycles. The molecule has 1 saturated heterocycles. The van der Waals surface area contributed by atoms with E-state index in [-0.39, 0.29) is 23.4 Å². The summed E-state index contributed by atoms with van der Waals surface area (Å²) < 4.78 is 39.9. The maximum atomic E-state index is 13.1. The van der Waals surface area contributed by atoms with Gasteiger partial charge in [0, 0.05) is 26.2 Å². The minimum Gasteiger partial charge on any atom is -0.348 e. The van der Waals surface area contributed by atoms with Crippen molar-refractivity contribution in [1.29, 1.82) is 0 Å². The fourth-order valence-electron chi connectivity index (χ4n) is 3.87. The lowest BCUT2D eigenvalue weighted by Crippen LogP contribution is -2.51. The van der Waals surface area contributed by atoms with Crippen molar-refractivity contribution in [1.82, 2.24) is 14.5 Å². The zero-order valence-corrected chi connectivity index (χ0v) is 19.7. The molecule has 3 rings (SSSR count). The Balaban J connectivity index is 1.48. The highest BCUT2D eigenvalue weighted by Crippen LogP contribution is 2.19. The third-order valence-corrected chi connectivity index (χ3v) is 7.56. The SMILES string of the molecule is CC(C)Cc1ccc([C@@H](C)NC(=O)CN2CCN(S(=O)(=O)c3ccc(F)cc3)CC2)cc1. The highest BCUT2D eigenvalue weighted by atomic mass is 32.2. The van der Waals surface area contributed by atoms with E-state index >= 15 is 0 Å². The number of halogens is 1. The van der Waals surface area contributed by atoms with E-state index in [1.807, 2.05) is 11.8 Å². The number of hydrogen-bond donors (Lipinski definition) is 1. The number of carbonyl (C=O) groups excluding carboxylic acids is 1. The summed E-state index contributed by atoms with van der Waals surface area (Å²) in [5.41, 5.74) is 2.34. The first-order valence-corrected chi connectivity index (χ1v) is 12.5. The van der Waals surface area contributed by atoms with Crippen molar-refractivity contribution in [2.24, 2.45) is 5.92 Å². The van der Waals surface area contributed by atoms with E-state index in [4.69, 9.17) is 0 Å². The topological polar surface area (TPSA) is 69.7 Å². The molecule has 1 aliphatic rings. The zero-order chi connectivity index (χ0) is 23.3. The first kappa shape index (κ1) is 24.4. The average molecular weight is 462 g/mol. The molecule has 1 atom stereocenters. The lowest BCUT2D eigenvalue weighted by Gasteiger charge is -2.33. The molecular weight excluding hydrogens is 429 g/mol. The average Bonchev–Trinajstić information content (AvgIpc) is 2.74. The Kier molecular flexibility index (Phi) is 8.03. The summed E-state index contributed by atoms with van der Waals surface area (Å²) >= 11 is 0. The van der Waals surface area contributed by atoms with Gasteiger partial charge in [0.2, 0.25) is 15.9 Å². The molecular formula is C24H32FN3O3S. The van der Waals surface area contributed by atoms with Gasteiger partial charge in [0.15, 0.2) is 0 Å². The number of carbonyl (C=O) groups is 1. The van der Waals surface area contributed by atoms with Gasteiger partial charge in [0.25, 0.3) is 0 Å². The molecule has 1 fully saturated rings. The van der Waals surface area contributed by atoms with Gasteiger partial charge in [0.1, 0.15) is 5.82 Å². The van der Waals surface area contributed by atoms with Crippen LogP contribution in [0.3, 0.4) is 0 Å². The van der Waals surface area contributed by atoms with E-state index in [1.165, 1.54) is 22.0 Å². The summed E-state index contributed by atoms with van der Waals surface area (Å²) in [6.45, 7) is 8.07. The third-order valence-electron chi connectivity index (χ3n) is 5.65. The summed E-state index contributed by atoms with van der Waals surface area (Å²) in [7, 11) is -3.66. The number of hydrogen-bond acceptors (Lipinski definition) is 4. The molecule has 1 heterocycles. The Hall–Kier alpha value is -2.29. The molecule has 0 spiro atoms. The number of benzene rings is 2. The Labute approximate surface area is 190 Å². The standard InChI is InChI=1S/C24H32FN3O3S/c1-18(2)16-20-4-6-21(7-5-20)19(3)26-24(29)17-27-12-14-28(15-13-27)32(30,31)23-10-8-22(25)9-11-23/h4-11,18-19H,12-17H2,1-3H3,(H,26,29)/t19-/m1/s1. The maximum Gasteiger partial charge on any atom is 0.243 e. The van der Waals surface area contributed by atoms with E-state index in [2.05, 4.69) is 43.4 Å². The summed E-state index contributed by atoms with van der Waals surface area (Å²) in [4.78, 5) is 14.5. The van der Waals surface area contributed by atoms with Gasteiger partial charge in [-0.15, -0.1) is 0 Å². The number of sulfonamides is 1. The van der Waals surface area contributed by atoms with Crippen LogP contribution in [0.15, 0.2) is 53.4 Å². The second-order valence-corrected chi connectivity index (χ2v) is 10.7. The molecule has 174 valence electrons. The lowest BCUT2D eigenvalue weighted by atomic mass is 10.00. The van der Waals surface area contributed by atoms with Gasteiger partial charge in [-0.25, -0.2) is 12.8 Å². The minimum absolute atomic E-state index is 0.0818. The Bertz CT molecular complexity index is 1000.